The van der Waals surface area contributed by atoms with Crippen molar-refractivity contribution in [3.63, 3.8) is 0 Å². The number of nitrogens with one attached hydrogen (secondary N) is 1. The van der Waals surface area contributed by atoms with Gasteiger partial charge >= 0.3 is 0 Å². The van der Waals surface area contributed by atoms with Gasteiger partial charge in [0.2, 0.25) is 11.8 Å². The molecule has 108 valence electrons. The summed E-state index contributed by atoms with van der Waals surface area (Å²) in [5.74, 6) is 1.30. The van der Waals surface area contributed by atoms with Crippen LogP contribution in [0.5, 0.6) is 0 Å². The molecule has 2 aromatic rings. The Labute approximate surface area is 128 Å². The Kier molecular flexibility index (Phi) is 5.73. The van der Waals surface area contributed by atoms with E-state index in [9.17, 15) is 0 Å². The molecule has 1 heterocycles. The lowest BCUT2D eigenvalue weighted by Gasteiger charge is -2.01. The molecule has 2 rings (SSSR count). The van der Waals surface area contributed by atoms with E-state index in [1.165, 1.54) is 0 Å². The van der Waals surface area contributed by atoms with E-state index in [0.717, 1.165) is 48.0 Å². The maximum atomic E-state index is 5.74. The molecule has 1 aromatic heterocycles. The van der Waals surface area contributed by atoms with Crippen LogP contribution in [0.15, 0.2) is 27.1 Å². The number of aryl methyl sites for hydroxylation is 2. The first kappa shape index (κ1) is 15.2. The van der Waals surface area contributed by atoms with Gasteiger partial charge in [0.05, 0.1) is 0 Å². The lowest BCUT2D eigenvalue weighted by Crippen LogP contribution is -2.16. The van der Waals surface area contributed by atoms with E-state index in [1.807, 2.05) is 25.1 Å². The second-order valence-corrected chi connectivity index (χ2v) is 5.73. The number of rotatable bonds is 7. The van der Waals surface area contributed by atoms with Crippen LogP contribution in [0.1, 0.15) is 31.2 Å². The van der Waals surface area contributed by atoms with E-state index in [2.05, 4.69) is 38.4 Å². The summed E-state index contributed by atoms with van der Waals surface area (Å²) in [5, 5.41) is 11.6. The molecule has 0 amide bonds. The normalized spacial score (nSPS) is 10.9. The van der Waals surface area contributed by atoms with Crippen molar-refractivity contribution >= 4 is 15.9 Å². The maximum Gasteiger partial charge on any atom is 0.248 e. The molecule has 0 atom stereocenters. The Balaban J connectivity index is 1.96. The van der Waals surface area contributed by atoms with Gasteiger partial charge in [0.1, 0.15) is 0 Å². The second kappa shape index (κ2) is 7.55. The average molecular weight is 338 g/mol. The minimum absolute atomic E-state index is 0.598. The van der Waals surface area contributed by atoms with E-state index >= 15 is 0 Å². The van der Waals surface area contributed by atoms with Crippen LogP contribution in [0.2, 0.25) is 0 Å². The highest BCUT2D eigenvalue weighted by Gasteiger charge is 2.11. The van der Waals surface area contributed by atoms with Gasteiger partial charge < -0.3 is 9.73 Å². The van der Waals surface area contributed by atoms with Crippen molar-refractivity contribution in [2.75, 3.05) is 13.1 Å². The summed E-state index contributed by atoms with van der Waals surface area (Å²) in [6.07, 6.45) is 2.99. The Morgan fingerprint density at radius 3 is 2.90 bits per heavy atom. The zero-order valence-corrected chi connectivity index (χ0v) is 13.5. The predicted octanol–water partition coefficient (Wildman–Crippen LogP) is 3.74. The Morgan fingerprint density at radius 2 is 2.10 bits per heavy atom. The highest BCUT2D eigenvalue weighted by atomic mass is 79.9. The monoisotopic (exact) mass is 337 g/mol. The van der Waals surface area contributed by atoms with Crippen molar-refractivity contribution in [1.29, 1.82) is 0 Å². The van der Waals surface area contributed by atoms with Gasteiger partial charge in [-0.1, -0.05) is 28.9 Å². The molecular formula is C15H20BrN3O. The van der Waals surface area contributed by atoms with Crippen molar-refractivity contribution in [3.05, 3.63) is 34.1 Å². The predicted molar refractivity (Wildman–Crippen MR) is 83.7 cm³/mol. The fraction of sp³-hybridized carbons (Fsp3) is 0.467. The molecule has 0 bridgehead atoms. The number of hydrogen-bond acceptors (Lipinski definition) is 4. The molecule has 0 radical (unpaired) electrons. The first-order chi connectivity index (χ1) is 9.70. The molecule has 0 aliphatic rings. The highest BCUT2D eigenvalue weighted by molar-refractivity contribution is 9.10. The molecule has 0 aliphatic heterocycles. The van der Waals surface area contributed by atoms with Gasteiger partial charge in [0.15, 0.2) is 0 Å². The van der Waals surface area contributed by atoms with Gasteiger partial charge in [-0.3, -0.25) is 0 Å². The highest BCUT2D eigenvalue weighted by Crippen LogP contribution is 2.25. The minimum atomic E-state index is 0.598. The zero-order chi connectivity index (χ0) is 14.4. The van der Waals surface area contributed by atoms with Crippen LogP contribution in [0.3, 0.4) is 0 Å². The van der Waals surface area contributed by atoms with Gasteiger partial charge in [-0.25, -0.2) is 0 Å². The molecule has 0 aliphatic carbocycles. The molecule has 0 spiro atoms. The lowest BCUT2D eigenvalue weighted by atomic mass is 10.1. The van der Waals surface area contributed by atoms with Gasteiger partial charge in [-0.15, -0.1) is 10.2 Å². The standard InChI is InChI=1S/C15H20BrN3O/c1-3-8-17-9-4-5-14-18-19-15(20-14)13-10-12(16)7-6-11(13)2/h6-7,10,17H,3-5,8-9H2,1-2H3. The molecule has 0 saturated heterocycles. The number of halogens is 1. The Bertz CT molecular complexity index is 554. The van der Waals surface area contributed by atoms with Gasteiger partial charge in [-0.05, 0) is 50.6 Å². The summed E-state index contributed by atoms with van der Waals surface area (Å²) >= 11 is 3.47. The molecular weight excluding hydrogens is 318 g/mol. The summed E-state index contributed by atoms with van der Waals surface area (Å²) in [6, 6.07) is 6.06. The quantitative estimate of drug-likeness (QED) is 0.782. The first-order valence-electron chi connectivity index (χ1n) is 7.00. The third-order valence-electron chi connectivity index (χ3n) is 3.07. The summed E-state index contributed by atoms with van der Waals surface area (Å²) in [4.78, 5) is 0. The maximum absolute atomic E-state index is 5.74. The van der Waals surface area contributed by atoms with Gasteiger partial charge in [-0.2, -0.15) is 0 Å². The average Bonchev–Trinajstić information content (AvgIpc) is 2.90. The van der Waals surface area contributed by atoms with Gasteiger partial charge in [0, 0.05) is 16.5 Å². The molecule has 1 aromatic carbocycles. The topological polar surface area (TPSA) is 51.0 Å². The molecule has 0 fully saturated rings. The fourth-order valence-corrected chi connectivity index (χ4v) is 2.32. The summed E-state index contributed by atoms with van der Waals surface area (Å²) in [6.45, 7) is 6.26. The van der Waals surface area contributed by atoms with Crippen molar-refractivity contribution < 1.29 is 4.42 Å². The number of benzene rings is 1. The largest absolute Gasteiger partial charge is 0.421 e. The number of hydrogen-bond donors (Lipinski definition) is 1. The summed E-state index contributed by atoms with van der Waals surface area (Å²) < 4.78 is 6.76. The molecule has 4 nitrogen and oxygen atoms in total. The van der Waals surface area contributed by atoms with Crippen molar-refractivity contribution in [1.82, 2.24) is 15.5 Å². The number of nitrogens with zero attached hydrogens (tertiary/aromatic N) is 2. The Morgan fingerprint density at radius 1 is 1.25 bits per heavy atom. The fourth-order valence-electron chi connectivity index (χ4n) is 1.95. The summed E-state index contributed by atoms with van der Waals surface area (Å²) in [5.41, 5.74) is 2.12. The lowest BCUT2D eigenvalue weighted by molar-refractivity contribution is 0.491. The third kappa shape index (κ3) is 4.15. The molecule has 20 heavy (non-hydrogen) atoms. The van der Waals surface area contributed by atoms with Crippen molar-refractivity contribution in [2.24, 2.45) is 0 Å². The second-order valence-electron chi connectivity index (χ2n) is 4.81. The first-order valence-corrected chi connectivity index (χ1v) is 7.79. The molecule has 0 saturated carbocycles. The smallest absolute Gasteiger partial charge is 0.248 e. The van der Waals surface area contributed by atoms with E-state index in [0.29, 0.717) is 11.8 Å². The van der Waals surface area contributed by atoms with E-state index in [1.54, 1.807) is 0 Å². The van der Waals surface area contributed by atoms with Gasteiger partial charge in [0.25, 0.3) is 0 Å². The van der Waals surface area contributed by atoms with Crippen LogP contribution in [-0.2, 0) is 6.42 Å². The van der Waals surface area contributed by atoms with Crippen LogP contribution in [0.4, 0.5) is 0 Å². The SMILES string of the molecule is CCCNCCCc1nnc(-c2cc(Br)ccc2C)o1. The molecule has 5 heteroatoms. The van der Waals surface area contributed by atoms with Crippen LogP contribution in [-0.4, -0.2) is 23.3 Å². The van der Waals surface area contributed by atoms with Crippen LogP contribution >= 0.6 is 15.9 Å². The van der Waals surface area contributed by atoms with E-state index in [4.69, 9.17) is 4.42 Å². The number of aromatic nitrogens is 2. The Hall–Kier alpha value is -1.20. The molecule has 1 N–H and O–H groups in total. The van der Waals surface area contributed by atoms with Crippen LogP contribution in [0.25, 0.3) is 11.5 Å². The van der Waals surface area contributed by atoms with Crippen LogP contribution in [0, 0.1) is 6.92 Å². The van der Waals surface area contributed by atoms with Crippen molar-refractivity contribution in [3.8, 4) is 11.5 Å². The summed E-state index contributed by atoms with van der Waals surface area (Å²) in [7, 11) is 0. The van der Waals surface area contributed by atoms with Crippen molar-refractivity contribution in [2.45, 2.75) is 33.1 Å². The van der Waals surface area contributed by atoms with E-state index in [-0.39, 0.29) is 0 Å². The minimum Gasteiger partial charge on any atom is -0.421 e. The van der Waals surface area contributed by atoms with Crippen LogP contribution < -0.4 is 5.32 Å². The van der Waals surface area contributed by atoms with E-state index < -0.39 is 0 Å². The zero-order valence-electron chi connectivity index (χ0n) is 11.9. The third-order valence-corrected chi connectivity index (χ3v) is 3.56. The molecule has 0 unspecified atom stereocenters.